The van der Waals surface area contributed by atoms with E-state index in [1.807, 2.05) is 24.3 Å². The van der Waals surface area contributed by atoms with Crippen LogP contribution in [0.5, 0.6) is 5.88 Å². The van der Waals surface area contributed by atoms with Gasteiger partial charge in [0.2, 0.25) is 11.8 Å². The van der Waals surface area contributed by atoms with E-state index in [1.54, 1.807) is 25.7 Å². The zero-order chi connectivity index (χ0) is 15.4. The quantitative estimate of drug-likeness (QED) is 0.884. The fourth-order valence-electron chi connectivity index (χ4n) is 2.62. The van der Waals surface area contributed by atoms with Crippen molar-refractivity contribution >= 4 is 5.91 Å². The lowest BCUT2D eigenvalue weighted by Gasteiger charge is -2.15. The second-order valence-electron chi connectivity index (χ2n) is 5.54. The van der Waals surface area contributed by atoms with E-state index < -0.39 is 0 Å². The summed E-state index contributed by atoms with van der Waals surface area (Å²) in [6.07, 6.45) is 7.79. The zero-order valence-electron chi connectivity index (χ0n) is 12.6. The summed E-state index contributed by atoms with van der Waals surface area (Å²) in [5, 5.41) is 3.04. The summed E-state index contributed by atoms with van der Waals surface area (Å²) in [6, 6.07) is 7.68. The van der Waals surface area contributed by atoms with Crippen molar-refractivity contribution in [1.29, 1.82) is 0 Å². The molecule has 0 unspecified atom stereocenters. The largest absolute Gasteiger partial charge is 0.481 e. The molecule has 5 heteroatoms. The van der Waals surface area contributed by atoms with Gasteiger partial charge in [-0.15, -0.1) is 0 Å². The first-order chi connectivity index (χ1) is 10.7. The number of hydrogen-bond acceptors (Lipinski definition) is 4. The van der Waals surface area contributed by atoms with Crippen LogP contribution in [0.3, 0.4) is 0 Å². The van der Waals surface area contributed by atoms with Gasteiger partial charge in [-0.2, -0.15) is 0 Å². The lowest BCUT2D eigenvalue weighted by atomic mass is 9.97. The fraction of sp³-hybridized carbons (Fsp3) is 0.353. The molecule has 5 nitrogen and oxygen atoms in total. The second kappa shape index (κ2) is 6.13. The Kier molecular flexibility index (Phi) is 4.04. The molecular weight excluding hydrogens is 278 g/mol. The Morgan fingerprint density at radius 2 is 2.23 bits per heavy atom. The minimum absolute atomic E-state index is 0.0986. The van der Waals surface area contributed by atoms with E-state index >= 15 is 0 Å². The normalized spacial score (nSPS) is 15.1. The van der Waals surface area contributed by atoms with E-state index in [4.69, 9.17) is 4.74 Å². The highest BCUT2D eigenvalue weighted by molar-refractivity contribution is 5.91. The highest BCUT2D eigenvalue weighted by Crippen LogP contribution is 2.48. The highest BCUT2D eigenvalue weighted by atomic mass is 16.5. The predicted molar refractivity (Wildman–Crippen MR) is 82.7 cm³/mol. The molecule has 2 heterocycles. The number of carbonyl (C=O) groups excluding carboxylic acids is 1. The lowest BCUT2D eigenvalue weighted by Crippen LogP contribution is -2.36. The number of nitrogens with zero attached hydrogens (tertiary/aromatic N) is 2. The first-order valence-corrected chi connectivity index (χ1v) is 7.42. The van der Waals surface area contributed by atoms with Gasteiger partial charge in [-0.3, -0.25) is 9.78 Å². The fourth-order valence-corrected chi connectivity index (χ4v) is 2.62. The van der Waals surface area contributed by atoms with Crippen molar-refractivity contribution < 1.29 is 9.53 Å². The van der Waals surface area contributed by atoms with Crippen LogP contribution in [-0.4, -0.2) is 29.5 Å². The van der Waals surface area contributed by atoms with Crippen LogP contribution in [0, 0.1) is 0 Å². The van der Waals surface area contributed by atoms with Crippen LogP contribution in [0.1, 0.15) is 24.0 Å². The third-order valence-electron chi connectivity index (χ3n) is 4.11. The third kappa shape index (κ3) is 2.93. The number of carbonyl (C=O) groups is 1. The van der Waals surface area contributed by atoms with Gasteiger partial charge < -0.3 is 10.1 Å². The summed E-state index contributed by atoms with van der Waals surface area (Å²) in [5.74, 6) is 0.694. The van der Waals surface area contributed by atoms with E-state index in [9.17, 15) is 4.79 Å². The Hall–Kier alpha value is -2.43. The molecule has 0 atom stereocenters. The topological polar surface area (TPSA) is 64.1 Å². The van der Waals surface area contributed by atoms with E-state index in [-0.39, 0.29) is 11.3 Å². The van der Waals surface area contributed by atoms with Gasteiger partial charge in [-0.1, -0.05) is 6.07 Å². The van der Waals surface area contributed by atoms with Gasteiger partial charge in [0.15, 0.2) is 0 Å². The van der Waals surface area contributed by atoms with Crippen molar-refractivity contribution in [1.82, 2.24) is 15.3 Å². The molecule has 0 bridgehead atoms. The predicted octanol–water partition coefficient (Wildman–Crippen LogP) is 1.88. The van der Waals surface area contributed by atoms with Gasteiger partial charge in [0.1, 0.15) is 0 Å². The maximum absolute atomic E-state index is 12.5. The van der Waals surface area contributed by atoms with Gasteiger partial charge >= 0.3 is 0 Å². The molecule has 22 heavy (non-hydrogen) atoms. The maximum atomic E-state index is 12.5. The molecule has 0 aromatic carbocycles. The minimum Gasteiger partial charge on any atom is -0.481 e. The number of nitrogens with one attached hydrogen (secondary N) is 1. The van der Waals surface area contributed by atoms with Crippen LogP contribution in [0.15, 0.2) is 42.9 Å². The van der Waals surface area contributed by atoms with Gasteiger partial charge in [0.05, 0.1) is 12.5 Å². The summed E-state index contributed by atoms with van der Waals surface area (Å²) >= 11 is 0. The van der Waals surface area contributed by atoms with Crippen LogP contribution >= 0.6 is 0 Å². The molecule has 0 radical (unpaired) electrons. The molecule has 1 saturated carbocycles. The molecule has 3 rings (SSSR count). The van der Waals surface area contributed by atoms with Gasteiger partial charge in [-0.05, 0) is 42.5 Å². The highest BCUT2D eigenvalue weighted by Gasteiger charge is 2.51. The van der Waals surface area contributed by atoms with Gasteiger partial charge in [0, 0.05) is 31.2 Å². The first-order valence-electron chi connectivity index (χ1n) is 7.42. The van der Waals surface area contributed by atoms with Gasteiger partial charge in [-0.25, -0.2) is 4.98 Å². The number of hydrogen-bond donors (Lipinski definition) is 1. The van der Waals surface area contributed by atoms with Crippen LogP contribution in [0.4, 0.5) is 0 Å². The summed E-state index contributed by atoms with van der Waals surface area (Å²) in [6.45, 7) is 0.605. The van der Waals surface area contributed by atoms with Crippen LogP contribution in [0.2, 0.25) is 0 Å². The standard InChI is InChI=1S/C17H19N3O2/c1-22-15-11-13(4-9-19-15)5-10-20-16(21)17(6-7-17)14-3-2-8-18-12-14/h2-4,8-9,11-12H,5-7,10H2,1H3,(H,20,21). The number of methoxy groups -OCH3 is 1. The molecule has 114 valence electrons. The Morgan fingerprint density at radius 1 is 1.36 bits per heavy atom. The SMILES string of the molecule is COc1cc(CCNC(=O)C2(c3cccnc3)CC2)ccn1. The molecule has 1 amide bonds. The van der Waals surface area contributed by atoms with Crippen molar-refractivity contribution in [3.63, 3.8) is 0 Å². The molecule has 1 N–H and O–H groups in total. The number of amides is 1. The molecule has 0 aliphatic heterocycles. The molecular formula is C17H19N3O2. The number of pyridine rings is 2. The van der Waals surface area contributed by atoms with E-state index in [0.717, 1.165) is 30.4 Å². The second-order valence-corrected chi connectivity index (χ2v) is 5.54. The van der Waals surface area contributed by atoms with Crippen LogP contribution < -0.4 is 10.1 Å². The maximum Gasteiger partial charge on any atom is 0.230 e. The molecule has 1 aliphatic rings. The van der Waals surface area contributed by atoms with Crippen molar-refractivity contribution in [3.05, 3.63) is 54.0 Å². The van der Waals surface area contributed by atoms with Crippen molar-refractivity contribution in [2.45, 2.75) is 24.7 Å². The lowest BCUT2D eigenvalue weighted by molar-refractivity contribution is -0.123. The van der Waals surface area contributed by atoms with Crippen molar-refractivity contribution in [3.8, 4) is 5.88 Å². The van der Waals surface area contributed by atoms with E-state index in [0.29, 0.717) is 12.4 Å². The van der Waals surface area contributed by atoms with E-state index in [2.05, 4.69) is 15.3 Å². The number of ether oxygens (including phenoxy) is 1. The monoisotopic (exact) mass is 297 g/mol. The average molecular weight is 297 g/mol. The molecule has 1 aliphatic carbocycles. The number of aromatic nitrogens is 2. The Labute approximate surface area is 129 Å². The molecule has 2 aromatic heterocycles. The Balaban J connectivity index is 1.57. The Morgan fingerprint density at radius 3 is 2.91 bits per heavy atom. The van der Waals surface area contributed by atoms with Gasteiger partial charge in [0.25, 0.3) is 0 Å². The molecule has 2 aromatic rings. The third-order valence-corrected chi connectivity index (χ3v) is 4.11. The minimum atomic E-state index is -0.357. The molecule has 1 fully saturated rings. The Bertz CT molecular complexity index is 654. The zero-order valence-corrected chi connectivity index (χ0v) is 12.6. The average Bonchev–Trinajstić information content (AvgIpc) is 3.38. The summed E-state index contributed by atoms with van der Waals surface area (Å²) in [4.78, 5) is 20.7. The summed E-state index contributed by atoms with van der Waals surface area (Å²) in [7, 11) is 1.60. The summed E-state index contributed by atoms with van der Waals surface area (Å²) in [5.41, 5.74) is 1.75. The van der Waals surface area contributed by atoms with E-state index in [1.165, 1.54) is 0 Å². The van der Waals surface area contributed by atoms with Crippen molar-refractivity contribution in [2.75, 3.05) is 13.7 Å². The summed E-state index contributed by atoms with van der Waals surface area (Å²) < 4.78 is 5.10. The number of rotatable bonds is 6. The van der Waals surface area contributed by atoms with Crippen molar-refractivity contribution in [2.24, 2.45) is 0 Å². The molecule has 0 saturated heterocycles. The molecule has 0 spiro atoms. The first kappa shape index (κ1) is 14.5. The van der Waals surface area contributed by atoms with Crippen LogP contribution in [-0.2, 0) is 16.6 Å². The van der Waals surface area contributed by atoms with Crippen LogP contribution in [0.25, 0.3) is 0 Å². The smallest absolute Gasteiger partial charge is 0.230 e.